The highest BCUT2D eigenvalue weighted by Crippen LogP contribution is 2.42. The molecule has 0 aromatic heterocycles. The first-order chi connectivity index (χ1) is 9.52. The summed E-state index contributed by atoms with van der Waals surface area (Å²) in [6.07, 6.45) is 4.26. The van der Waals surface area contributed by atoms with Gasteiger partial charge in [0.15, 0.2) is 0 Å². The Balaban J connectivity index is 2.07. The van der Waals surface area contributed by atoms with E-state index >= 15 is 0 Å². The Hall–Kier alpha value is -0.290. The van der Waals surface area contributed by atoms with E-state index < -0.39 is 0 Å². The highest BCUT2D eigenvalue weighted by molar-refractivity contribution is 8.23. The molecule has 2 fully saturated rings. The number of hydrogen-bond acceptors (Lipinski definition) is 4. The number of likely N-dealkylation sites (tertiary alicyclic amines) is 1. The predicted octanol–water partition coefficient (Wildman–Crippen LogP) is 3.47. The SMILES string of the molecule is CCOC(=S)SC1CCC[C@H]2CC(=O)N(CC(C)C)[C@@H]12. The second-order valence-electron chi connectivity index (χ2n) is 6.16. The first-order valence-corrected chi connectivity index (χ1v) is 8.94. The number of carbonyl (C=O) groups is 1. The summed E-state index contributed by atoms with van der Waals surface area (Å²) in [5.41, 5.74) is 0. The number of thiocarbonyl (C=S) groups is 1. The lowest BCUT2D eigenvalue weighted by atomic mass is 9.84. The van der Waals surface area contributed by atoms with Gasteiger partial charge >= 0.3 is 0 Å². The number of carbonyl (C=O) groups excluding carboxylic acids is 1. The van der Waals surface area contributed by atoms with Gasteiger partial charge in [-0.3, -0.25) is 4.79 Å². The van der Waals surface area contributed by atoms with Crippen LogP contribution in [0.4, 0.5) is 0 Å². The smallest absolute Gasteiger partial charge is 0.223 e. The molecule has 0 N–H and O–H groups in total. The van der Waals surface area contributed by atoms with Gasteiger partial charge in [-0.15, -0.1) is 0 Å². The molecule has 2 aliphatic rings. The second kappa shape index (κ2) is 7.12. The van der Waals surface area contributed by atoms with Crippen LogP contribution < -0.4 is 0 Å². The lowest BCUT2D eigenvalue weighted by molar-refractivity contribution is -0.129. The highest BCUT2D eigenvalue weighted by atomic mass is 32.2. The lowest BCUT2D eigenvalue weighted by Gasteiger charge is -2.38. The van der Waals surface area contributed by atoms with Gasteiger partial charge in [-0.25, -0.2) is 0 Å². The van der Waals surface area contributed by atoms with Crippen molar-refractivity contribution >= 4 is 34.3 Å². The van der Waals surface area contributed by atoms with Crippen molar-refractivity contribution in [3.8, 4) is 0 Å². The van der Waals surface area contributed by atoms with Crippen molar-refractivity contribution in [1.29, 1.82) is 0 Å². The Labute approximate surface area is 131 Å². The molecule has 1 saturated heterocycles. The molecule has 0 radical (unpaired) electrons. The third-order valence-corrected chi connectivity index (χ3v) is 5.65. The van der Waals surface area contributed by atoms with Gasteiger partial charge in [-0.2, -0.15) is 0 Å². The molecule has 1 aliphatic heterocycles. The Morgan fingerprint density at radius 1 is 1.50 bits per heavy atom. The van der Waals surface area contributed by atoms with Crippen LogP contribution in [0.1, 0.15) is 46.5 Å². The van der Waals surface area contributed by atoms with Gasteiger partial charge < -0.3 is 9.64 Å². The van der Waals surface area contributed by atoms with Gasteiger partial charge in [-0.05, 0) is 43.8 Å². The summed E-state index contributed by atoms with van der Waals surface area (Å²) in [5.74, 6) is 1.38. The maximum absolute atomic E-state index is 12.3. The molecule has 2 rings (SSSR count). The van der Waals surface area contributed by atoms with E-state index in [9.17, 15) is 4.79 Å². The van der Waals surface area contributed by atoms with Crippen molar-refractivity contribution < 1.29 is 9.53 Å². The summed E-state index contributed by atoms with van der Waals surface area (Å²) < 4.78 is 6.07. The van der Waals surface area contributed by atoms with Gasteiger partial charge in [0, 0.05) is 24.3 Å². The first-order valence-electron chi connectivity index (χ1n) is 7.65. The largest absolute Gasteiger partial charge is 0.479 e. The quantitative estimate of drug-likeness (QED) is 0.743. The average Bonchev–Trinajstić information content (AvgIpc) is 2.66. The van der Waals surface area contributed by atoms with Gasteiger partial charge in [0.05, 0.1) is 6.61 Å². The van der Waals surface area contributed by atoms with Crippen LogP contribution in [0.3, 0.4) is 0 Å². The van der Waals surface area contributed by atoms with Crippen LogP contribution in [0, 0.1) is 11.8 Å². The molecule has 1 unspecified atom stereocenters. The molecular weight excluding hydrogens is 290 g/mol. The van der Waals surface area contributed by atoms with Crippen molar-refractivity contribution in [1.82, 2.24) is 4.90 Å². The van der Waals surface area contributed by atoms with Crippen molar-refractivity contribution in [2.24, 2.45) is 11.8 Å². The Morgan fingerprint density at radius 3 is 2.90 bits per heavy atom. The minimum absolute atomic E-state index is 0.337. The van der Waals surface area contributed by atoms with E-state index in [2.05, 4.69) is 18.7 Å². The number of nitrogens with zero attached hydrogens (tertiary/aromatic N) is 1. The molecule has 1 heterocycles. The summed E-state index contributed by atoms with van der Waals surface area (Å²) >= 11 is 6.96. The van der Waals surface area contributed by atoms with Crippen LogP contribution in [0.15, 0.2) is 0 Å². The first kappa shape index (κ1) is 16.1. The van der Waals surface area contributed by atoms with Gasteiger partial charge in [0.2, 0.25) is 10.3 Å². The normalized spacial score (nSPS) is 29.7. The number of thioether (sulfide) groups is 1. The number of hydrogen-bond donors (Lipinski definition) is 0. The van der Waals surface area contributed by atoms with E-state index in [1.807, 2.05) is 6.92 Å². The number of amides is 1. The molecule has 1 aliphatic carbocycles. The van der Waals surface area contributed by atoms with Crippen molar-refractivity contribution in [2.45, 2.75) is 57.7 Å². The second-order valence-corrected chi connectivity index (χ2v) is 8.01. The number of fused-ring (bicyclic) bond motifs is 1. The minimum Gasteiger partial charge on any atom is -0.479 e. The monoisotopic (exact) mass is 315 g/mol. The van der Waals surface area contributed by atoms with Crippen LogP contribution >= 0.6 is 24.0 Å². The fourth-order valence-corrected chi connectivity index (χ4v) is 5.15. The Morgan fingerprint density at radius 2 is 2.25 bits per heavy atom. The zero-order valence-electron chi connectivity index (χ0n) is 12.6. The molecule has 3 atom stereocenters. The van der Waals surface area contributed by atoms with Crippen LogP contribution in [0.2, 0.25) is 0 Å². The topological polar surface area (TPSA) is 29.5 Å². The van der Waals surface area contributed by atoms with Crippen LogP contribution in [-0.2, 0) is 9.53 Å². The average molecular weight is 316 g/mol. The summed E-state index contributed by atoms with van der Waals surface area (Å²) in [6.45, 7) is 7.81. The Bertz CT molecular complexity index is 373. The summed E-state index contributed by atoms with van der Waals surface area (Å²) in [4.78, 5) is 14.4. The van der Waals surface area contributed by atoms with Crippen LogP contribution in [0.5, 0.6) is 0 Å². The molecule has 0 aromatic rings. The minimum atomic E-state index is 0.337. The summed E-state index contributed by atoms with van der Waals surface area (Å²) in [7, 11) is 0. The summed E-state index contributed by atoms with van der Waals surface area (Å²) in [6, 6.07) is 0.363. The van der Waals surface area contributed by atoms with Gasteiger partial charge in [0.25, 0.3) is 0 Å². The summed E-state index contributed by atoms with van der Waals surface area (Å²) in [5, 5.41) is 0.415. The van der Waals surface area contributed by atoms with E-state index in [4.69, 9.17) is 17.0 Å². The fraction of sp³-hybridized carbons (Fsp3) is 0.867. The lowest BCUT2D eigenvalue weighted by Crippen LogP contribution is -2.46. The van der Waals surface area contributed by atoms with E-state index in [0.717, 1.165) is 19.4 Å². The third-order valence-electron chi connectivity index (χ3n) is 4.12. The molecule has 5 heteroatoms. The Kier molecular flexibility index (Phi) is 5.73. The van der Waals surface area contributed by atoms with Crippen LogP contribution in [0.25, 0.3) is 0 Å². The van der Waals surface area contributed by atoms with Crippen LogP contribution in [-0.4, -0.2) is 39.6 Å². The van der Waals surface area contributed by atoms with Crippen molar-refractivity contribution in [3.63, 3.8) is 0 Å². The number of ether oxygens (including phenoxy) is 1. The molecular formula is C15H25NO2S2. The molecule has 3 nitrogen and oxygen atoms in total. The van der Waals surface area contributed by atoms with E-state index in [1.54, 1.807) is 11.8 Å². The molecule has 1 saturated carbocycles. The van der Waals surface area contributed by atoms with Crippen molar-refractivity contribution in [2.75, 3.05) is 13.2 Å². The standard InChI is InChI=1S/C15H25NO2S2/c1-4-18-15(19)20-12-7-5-6-11-8-13(17)16(14(11)12)9-10(2)3/h10-12,14H,4-9H2,1-3H3/t11-,12?,14+/m0/s1. The van der Waals surface area contributed by atoms with E-state index in [-0.39, 0.29) is 0 Å². The van der Waals surface area contributed by atoms with Crippen molar-refractivity contribution in [3.05, 3.63) is 0 Å². The van der Waals surface area contributed by atoms with E-state index in [0.29, 0.717) is 40.0 Å². The fourth-order valence-electron chi connectivity index (χ4n) is 3.43. The molecule has 0 bridgehead atoms. The molecule has 1 amide bonds. The molecule has 0 spiro atoms. The van der Waals surface area contributed by atoms with E-state index in [1.165, 1.54) is 12.8 Å². The molecule has 0 aromatic carbocycles. The zero-order chi connectivity index (χ0) is 14.7. The third kappa shape index (κ3) is 3.67. The highest BCUT2D eigenvalue weighted by Gasteiger charge is 2.46. The molecule has 20 heavy (non-hydrogen) atoms. The van der Waals surface area contributed by atoms with Gasteiger partial charge in [-0.1, -0.05) is 32.0 Å². The zero-order valence-corrected chi connectivity index (χ0v) is 14.3. The molecule has 114 valence electrons. The van der Waals surface area contributed by atoms with Gasteiger partial charge in [0.1, 0.15) is 0 Å². The maximum atomic E-state index is 12.3. The maximum Gasteiger partial charge on any atom is 0.223 e. The predicted molar refractivity (Wildman–Crippen MR) is 87.9 cm³/mol. The number of rotatable bonds is 4.